The first-order chi connectivity index (χ1) is 17.9. The van der Waals surface area contributed by atoms with Crippen LogP contribution >= 0.6 is 0 Å². The normalized spacial score (nSPS) is 18.0. The summed E-state index contributed by atoms with van der Waals surface area (Å²) < 4.78 is 35.1. The summed E-state index contributed by atoms with van der Waals surface area (Å²) in [6.07, 6.45) is 9.79. The molecule has 0 bridgehead atoms. The van der Waals surface area contributed by atoms with E-state index in [1.54, 1.807) is 24.9 Å². The van der Waals surface area contributed by atoms with Crippen molar-refractivity contribution in [2.24, 2.45) is 5.73 Å². The van der Waals surface area contributed by atoms with Gasteiger partial charge in [0.05, 0.1) is 42.2 Å². The number of pyridine rings is 2. The number of hydrogen-bond acceptors (Lipinski definition) is 8. The van der Waals surface area contributed by atoms with Crippen LogP contribution in [0, 0.1) is 11.6 Å². The maximum Gasteiger partial charge on any atom is 0.215 e. The standard InChI is InChI=1S/C26H24F2N8O/c27-18-3-2-16(10-19(18)28)20-11-17(13-36-15-34-23-21(36)4-6-31-24(23)29)22(12-33-20)35-8-1-5-26(30,14-35)25-32-7-9-37-25/h2-4,6-7,9-12,15H,1,5,8,13-14,30H2,(H2,29,31)/t26-/m1/s1. The van der Waals surface area contributed by atoms with Crippen LogP contribution in [0.5, 0.6) is 0 Å². The molecule has 1 aliphatic heterocycles. The number of anilines is 2. The zero-order valence-corrected chi connectivity index (χ0v) is 19.8. The number of aromatic nitrogens is 5. The molecular weight excluding hydrogens is 478 g/mol. The first kappa shape index (κ1) is 23.0. The van der Waals surface area contributed by atoms with Gasteiger partial charge in [-0.25, -0.2) is 23.7 Å². The summed E-state index contributed by atoms with van der Waals surface area (Å²) in [4.78, 5) is 19.6. The molecule has 1 saturated heterocycles. The zero-order valence-electron chi connectivity index (χ0n) is 19.8. The van der Waals surface area contributed by atoms with Crippen molar-refractivity contribution in [3.8, 4) is 11.3 Å². The fourth-order valence-electron chi connectivity index (χ4n) is 4.97. The van der Waals surface area contributed by atoms with Crippen LogP contribution in [0.15, 0.2) is 65.9 Å². The van der Waals surface area contributed by atoms with Crippen molar-refractivity contribution in [1.29, 1.82) is 0 Å². The first-order valence-corrected chi connectivity index (χ1v) is 11.8. The lowest BCUT2D eigenvalue weighted by atomic mass is 9.89. The summed E-state index contributed by atoms with van der Waals surface area (Å²) in [5.74, 6) is -0.989. The second kappa shape index (κ2) is 8.93. The molecule has 11 heteroatoms. The molecule has 9 nitrogen and oxygen atoms in total. The molecule has 1 aliphatic rings. The van der Waals surface area contributed by atoms with E-state index >= 15 is 0 Å². The van der Waals surface area contributed by atoms with Crippen LogP contribution in [0.25, 0.3) is 22.3 Å². The Balaban J connectivity index is 1.43. The minimum Gasteiger partial charge on any atom is -0.447 e. The molecule has 0 radical (unpaired) electrons. The number of nitrogens with zero attached hydrogens (tertiary/aromatic N) is 6. The Labute approximate surface area is 210 Å². The van der Waals surface area contributed by atoms with E-state index in [1.807, 2.05) is 16.7 Å². The number of fused-ring (bicyclic) bond motifs is 1. The summed E-state index contributed by atoms with van der Waals surface area (Å²) in [5, 5.41) is 0. The second-order valence-electron chi connectivity index (χ2n) is 9.28. The lowest BCUT2D eigenvalue weighted by Gasteiger charge is -2.40. The van der Waals surface area contributed by atoms with E-state index < -0.39 is 17.2 Å². The largest absolute Gasteiger partial charge is 0.447 e. The highest BCUT2D eigenvalue weighted by Crippen LogP contribution is 2.34. The van der Waals surface area contributed by atoms with Gasteiger partial charge in [-0.2, -0.15) is 0 Å². The highest BCUT2D eigenvalue weighted by molar-refractivity contribution is 5.84. The number of nitrogen functional groups attached to an aromatic ring is 1. The molecule has 4 aromatic heterocycles. The lowest BCUT2D eigenvalue weighted by molar-refractivity contribution is 0.279. The topological polar surface area (TPSA) is 125 Å². The maximum atomic E-state index is 14.0. The van der Waals surface area contributed by atoms with E-state index in [2.05, 4.69) is 24.8 Å². The molecule has 0 aliphatic carbocycles. The van der Waals surface area contributed by atoms with E-state index in [1.165, 1.54) is 12.3 Å². The number of imidazole rings is 1. The van der Waals surface area contributed by atoms with E-state index in [0.717, 1.165) is 48.3 Å². The molecule has 0 amide bonds. The third kappa shape index (κ3) is 4.16. The highest BCUT2D eigenvalue weighted by atomic mass is 19.2. The highest BCUT2D eigenvalue weighted by Gasteiger charge is 2.38. The minimum atomic E-state index is -0.927. The van der Waals surface area contributed by atoms with Gasteiger partial charge in [-0.3, -0.25) is 4.98 Å². The average molecular weight is 503 g/mol. The van der Waals surface area contributed by atoms with Gasteiger partial charge in [0.2, 0.25) is 5.89 Å². The molecule has 1 atom stereocenters. The molecule has 0 spiro atoms. The van der Waals surface area contributed by atoms with Crippen LogP contribution in [0.2, 0.25) is 0 Å². The number of hydrogen-bond donors (Lipinski definition) is 2. The van der Waals surface area contributed by atoms with Crippen molar-refractivity contribution in [3.05, 3.63) is 84.6 Å². The predicted octanol–water partition coefficient (Wildman–Crippen LogP) is 3.84. The second-order valence-corrected chi connectivity index (χ2v) is 9.28. The lowest BCUT2D eigenvalue weighted by Crippen LogP contribution is -2.52. The van der Waals surface area contributed by atoms with Crippen molar-refractivity contribution in [2.45, 2.75) is 24.9 Å². The van der Waals surface area contributed by atoms with Crippen LogP contribution in [0.4, 0.5) is 20.3 Å². The molecule has 1 fully saturated rings. The van der Waals surface area contributed by atoms with Gasteiger partial charge >= 0.3 is 0 Å². The van der Waals surface area contributed by atoms with Gasteiger partial charge in [0.15, 0.2) is 17.5 Å². The Hall–Kier alpha value is -4.38. The summed E-state index contributed by atoms with van der Waals surface area (Å²) >= 11 is 0. The van der Waals surface area contributed by atoms with Crippen molar-refractivity contribution in [1.82, 2.24) is 24.5 Å². The Morgan fingerprint density at radius 1 is 1.03 bits per heavy atom. The minimum absolute atomic E-state index is 0.351. The van der Waals surface area contributed by atoms with Gasteiger partial charge in [-0.1, -0.05) is 0 Å². The van der Waals surface area contributed by atoms with E-state index in [9.17, 15) is 8.78 Å². The number of piperidine rings is 1. The number of rotatable bonds is 5. The average Bonchev–Trinajstić information content (AvgIpc) is 3.58. The van der Waals surface area contributed by atoms with Crippen LogP contribution in [-0.4, -0.2) is 37.6 Å². The molecular formula is C26H24F2N8O. The summed E-state index contributed by atoms with van der Waals surface area (Å²) in [5.41, 5.74) is 16.2. The Bertz CT molecular complexity index is 1590. The summed E-state index contributed by atoms with van der Waals surface area (Å²) in [7, 11) is 0. The maximum absolute atomic E-state index is 14.0. The Morgan fingerprint density at radius 2 is 1.92 bits per heavy atom. The molecule has 1 aromatic carbocycles. The zero-order chi connectivity index (χ0) is 25.6. The van der Waals surface area contributed by atoms with Crippen LogP contribution in [0.3, 0.4) is 0 Å². The SMILES string of the molecule is Nc1nccc2c1ncn2Cc1cc(-c2ccc(F)c(F)c2)ncc1N1CCC[C@](N)(c2ncco2)C1. The predicted molar refractivity (Wildman–Crippen MR) is 134 cm³/mol. The monoisotopic (exact) mass is 502 g/mol. The van der Waals surface area contributed by atoms with Crippen molar-refractivity contribution < 1.29 is 13.2 Å². The third-order valence-corrected chi connectivity index (χ3v) is 6.81. The van der Waals surface area contributed by atoms with Crippen molar-refractivity contribution in [2.75, 3.05) is 23.7 Å². The number of halogens is 2. The molecule has 6 rings (SSSR count). The van der Waals surface area contributed by atoms with Crippen molar-refractivity contribution in [3.63, 3.8) is 0 Å². The third-order valence-electron chi connectivity index (χ3n) is 6.81. The number of benzene rings is 1. The Morgan fingerprint density at radius 3 is 2.73 bits per heavy atom. The van der Waals surface area contributed by atoms with Crippen LogP contribution in [-0.2, 0) is 12.1 Å². The van der Waals surface area contributed by atoms with Gasteiger partial charge in [-0.15, -0.1) is 0 Å². The van der Waals surface area contributed by atoms with E-state index in [4.69, 9.17) is 15.9 Å². The van der Waals surface area contributed by atoms with Gasteiger partial charge in [-0.05, 0) is 48.7 Å². The fourth-order valence-corrected chi connectivity index (χ4v) is 4.97. The fraction of sp³-hybridized carbons (Fsp3) is 0.231. The molecule has 5 aromatic rings. The van der Waals surface area contributed by atoms with Crippen LogP contribution in [0.1, 0.15) is 24.3 Å². The van der Waals surface area contributed by atoms with Gasteiger partial charge in [0, 0.05) is 24.8 Å². The van der Waals surface area contributed by atoms with Gasteiger partial charge in [0.1, 0.15) is 17.3 Å². The quantitative estimate of drug-likeness (QED) is 0.371. The number of oxazole rings is 1. The Kier molecular flexibility index (Phi) is 5.56. The van der Waals surface area contributed by atoms with Crippen LogP contribution < -0.4 is 16.4 Å². The summed E-state index contributed by atoms with van der Waals surface area (Å²) in [6, 6.07) is 7.50. The molecule has 0 saturated carbocycles. The smallest absolute Gasteiger partial charge is 0.215 e. The summed E-state index contributed by atoms with van der Waals surface area (Å²) in [6.45, 7) is 1.68. The number of nitrogens with two attached hydrogens (primary N) is 2. The molecule has 0 unspecified atom stereocenters. The molecule has 4 N–H and O–H groups in total. The molecule has 37 heavy (non-hydrogen) atoms. The first-order valence-electron chi connectivity index (χ1n) is 11.8. The van der Waals surface area contributed by atoms with Gasteiger partial charge < -0.3 is 25.4 Å². The van der Waals surface area contributed by atoms with Crippen molar-refractivity contribution >= 4 is 22.5 Å². The van der Waals surface area contributed by atoms with Gasteiger partial charge in [0.25, 0.3) is 0 Å². The van der Waals surface area contributed by atoms with E-state index in [0.29, 0.717) is 41.6 Å². The van der Waals surface area contributed by atoms with E-state index in [-0.39, 0.29) is 0 Å². The molecule has 5 heterocycles. The molecule has 188 valence electrons.